The van der Waals surface area contributed by atoms with Gasteiger partial charge in [-0.1, -0.05) is 12.1 Å². The number of hydrogen-bond donors (Lipinski definition) is 1. The van der Waals surface area contributed by atoms with Crippen molar-refractivity contribution in [3.63, 3.8) is 0 Å². The van der Waals surface area contributed by atoms with E-state index in [9.17, 15) is 0 Å². The summed E-state index contributed by atoms with van der Waals surface area (Å²) in [5.74, 6) is 0.832. The number of nitrogens with zero attached hydrogens (tertiary/aromatic N) is 1. The predicted octanol–water partition coefficient (Wildman–Crippen LogP) is 3.33. The van der Waals surface area contributed by atoms with E-state index in [4.69, 9.17) is 15.7 Å². The second-order valence-electron chi connectivity index (χ2n) is 5.42. The monoisotopic (exact) mass is 246 g/mol. The predicted molar refractivity (Wildman–Crippen MR) is 73.3 cm³/mol. The first-order valence-electron chi connectivity index (χ1n) is 6.26. The summed E-state index contributed by atoms with van der Waals surface area (Å²) in [6.45, 7) is 8.33. The second kappa shape index (κ2) is 5.88. The van der Waals surface area contributed by atoms with Crippen molar-refractivity contribution in [3.8, 4) is 11.8 Å². The normalized spacial score (nSPS) is 12.9. The van der Waals surface area contributed by atoms with E-state index in [2.05, 4.69) is 6.07 Å². The van der Waals surface area contributed by atoms with Gasteiger partial charge in [0.25, 0.3) is 0 Å². The van der Waals surface area contributed by atoms with Gasteiger partial charge in [0.15, 0.2) is 0 Å². The quantitative estimate of drug-likeness (QED) is 0.866. The molecule has 0 radical (unpaired) electrons. The maximum Gasteiger partial charge on any atom is 0.124 e. The molecular weight excluding hydrogens is 224 g/mol. The fourth-order valence-corrected chi connectivity index (χ4v) is 1.61. The van der Waals surface area contributed by atoms with Gasteiger partial charge in [-0.05, 0) is 45.7 Å². The Morgan fingerprint density at radius 1 is 1.44 bits per heavy atom. The van der Waals surface area contributed by atoms with Crippen LogP contribution < -0.4 is 10.5 Å². The van der Waals surface area contributed by atoms with Gasteiger partial charge in [-0.25, -0.2) is 0 Å². The van der Waals surface area contributed by atoms with Crippen molar-refractivity contribution in [2.45, 2.75) is 40.2 Å². The molecule has 0 saturated heterocycles. The van der Waals surface area contributed by atoms with E-state index in [1.165, 1.54) is 0 Å². The van der Waals surface area contributed by atoms with Crippen LogP contribution in [0.3, 0.4) is 0 Å². The molecule has 1 aromatic carbocycles. The van der Waals surface area contributed by atoms with E-state index in [-0.39, 0.29) is 11.5 Å². The van der Waals surface area contributed by atoms with Gasteiger partial charge in [0.2, 0.25) is 0 Å². The van der Waals surface area contributed by atoms with Crippen LogP contribution in [0, 0.1) is 23.7 Å². The highest BCUT2D eigenvalue weighted by Gasteiger charge is 2.17. The molecule has 0 amide bonds. The second-order valence-corrected chi connectivity index (χ2v) is 5.42. The van der Waals surface area contributed by atoms with E-state index < -0.39 is 0 Å². The number of ether oxygens (including phenoxy) is 1. The Morgan fingerprint density at radius 3 is 2.67 bits per heavy atom. The molecule has 0 aliphatic heterocycles. The van der Waals surface area contributed by atoms with Crippen LogP contribution in [0.2, 0.25) is 0 Å². The summed E-state index contributed by atoms with van der Waals surface area (Å²) in [5.41, 5.74) is 7.72. The Labute approximate surface area is 110 Å². The summed E-state index contributed by atoms with van der Waals surface area (Å²) in [5, 5.41) is 8.95. The van der Waals surface area contributed by atoms with Crippen LogP contribution in [-0.4, -0.2) is 6.61 Å². The zero-order chi connectivity index (χ0) is 13.8. The fourth-order valence-electron chi connectivity index (χ4n) is 1.61. The minimum atomic E-state index is -0.349. The van der Waals surface area contributed by atoms with Gasteiger partial charge in [0.1, 0.15) is 5.75 Å². The molecule has 0 spiro atoms. The van der Waals surface area contributed by atoms with Crippen molar-refractivity contribution in [1.82, 2.24) is 0 Å². The Balaban J connectivity index is 2.73. The lowest BCUT2D eigenvalue weighted by molar-refractivity contribution is 0.261. The Hall–Kier alpha value is -1.53. The fraction of sp³-hybridized carbons (Fsp3) is 0.533. The van der Waals surface area contributed by atoms with Crippen molar-refractivity contribution in [2.75, 3.05) is 6.61 Å². The Bertz CT molecular complexity index is 444. The third-order valence-corrected chi connectivity index (χ3v) is 2.95. The highest BCUT2D eigenvalue weighted by molar-refractivity contribution is 5.38. The molecule has 0 aliphatic rings. The molecule has 1 rings (SSSR count). The molecule has 18 heavy (non-hydrogen) atoms. The van der Waals surface area contributed by atoms with Gasteiger partial charge in [0.05, 0.1) is 18.1 Å². The zero-order valence-electron chi connectivity index (χ0n) is 11.7. The summed E-state index contributed by atoms with van der Waals surface area (Å²) in [7, 11) is 0. The third-order valence-electron chi connectivity index (χ3n) is 2.95. The minimum absolute atomic E-state index is 0.0513. The number of nitrogens with two attached hydrogens (primary N) is 1. The van der Waals surface area contributed by atoms with Crippen LogP contribution in [0.15, 0.2) is 18.2 Å². The molecule has 1 aromatic rings. The van der Waals surface area contributed by atoms with Crippen molar-refractivity contribution in [3.05, 3.63) is 29.3 Å². The third kappa shape index (κ3) is 4.05. The van der Waals surface area contributed by atoms with E-state index in [0.717, 1.165) is 16.9 Å². The van der Waals surface area contributed by atoms with E-state index in [0.29, 0.717) is 13.0 Å². The molecule has 2 N–H and O–H groups in total. The number of aryl methyl sites for hydroxylation is 1. The molecule has 0 bridgehead atoms. The van der Waals surface area contributed by atoms with Crippen LogP contribution in [0.4, 0.5) is 0 Å². The molecule has 0 aromatic heterocycles. The average molecular weight is 246 g/mol. The highest BCUT2D eigenvalue weighted by Crippen LogP contribution is 2.26. The van der Waals surface area contributed by atoms with Crippen LogP contribution >= 0.6 is 0 Å². The first-order chi connectivity index (χ1) is 8.35. The highest BCUT2D eigenvalue weighted by atomic mass is 16.5. The van der Waals surface area contributed by atoms with E-state index in [1.807, 2.05) is 45.9 Å². The number of nitriles is 1. The molecule has 0 fully saturated rings. The van der Waals surface area contributed by atoms with Crippen LogP contribution in [0.1, 0.15) is 44.4 Å². The van der Waals surface area contributed by atoms with Gasteiger partial charge in [-0.3, -0.25) is 0 Å². The molecule has 3 nitrogen and oxygen atoms in total. The Morgan fingerprint density at radius 2 is 2.11 bits per heavy atom. The maximum absolute atomic E-state index is 8.95. The SMILES string of the molecule is Cc1ccc([C@@H](C)N)c(OCCC(C)(C)C#N)c1. The standard InChI is InChI=1S/C15H22N2O/c1-11-5-6-13(12(2)17)14(9-11)18-8-7-15(3,4)10-16/h5-6,9,12H,7-8,17H2,1-4H3/t12-/m1/s1. The molecule has 98 valence electrons. The summed E-state index contributed by atoms with van der Waals surface area (Å²) in [6.07, 6.45) is 0.704. The molecule has 0 saturated carbocycles. The van der Waals surface area contributed by atoms with Crippen molar-refractivity contribution in [2.24, 2.45) is 11.1 Å². The van der Waals surface area contributed by atoms with Crippen molar-refractivity contribution in [1.29, 1.82) is 5.26 Å². The van der Waals surface area contributed by atoms with Gasteiger partial charge < -0.3 is 10.5 Å². The summed E-state index contributed by atoms with van der Waals surface area (Å²) >= 11 is 0. The van der Waals surface area contributed by atoms with E-state index in [1.54, 1.807) is 0 Å². The lowest BCUT2D eigenvalue weighted by Gasteiger charge is -2.18. The molecule has 0 heterocycles. The topological polar surface area (TPSA) is 59.0 Å². The molecule has 0 aliphatic carbocycles. The Kier molecular flexibility index (Phi) is 4.75. The van der Waals surface area contributed by atoms with Gasteiger partial charge in [-0.15, -0.1) is 0 Å². The summed E-state index contributed by atoms with van der Waals surface area (Å²) in [6, 6.07) is 8.26. The number of hydrogen-bond acceptors (Lipinski definition) is 3. The number of rotatable bonds is 5. The first kappa shape index (κ1) is 14.5. The summed E-state index contributed by atoms with van der Waals surface area (Å²) in [4.78, 5) is 0. The largest absolute Gasteiger partial charge is 0.493 e. The van der Waals surface area contributed by atoms with Gasteiger partial charge in [0, 0.05) is 11.6 Å². The lowest BCUT2D eigenvalue weighted by Crippen LogP contribution is -2.14. The molecule has 3 heteroatoms. The molecule has 0 unspecified atom stereocenters. The minimum Gasteiger partial charge on any atom is -0.493 e. The molecular formula is C15H22N2O. The maximum atomic E-state index is 8.95. The first-order valence-corrected chi connectivity index (χ1v) is 6.26. The average Bonchev–Trinajstić information content (AvgIpc) is 2.28. The van der Waals surface area contributed by atoms with Crippen LogP contribution in [0.25, 0.3) is 0 Å². The van der Waals surface area contributed by atoms with Crippen LogP contribution in [0.5, 0.6) is 5.75 Å². The zero-order valence-corrected chi connectivity index (χ0v) is 11.7. The number of benzene rings is 1. The van der Waals surface area contributed by atoms with Crippen molar-refractivity contribution >= 4 is 0 Å². The van der Waals surface area contributed by atoms with Crippen molar-refractivity contribution < 1.29 is 4.74 Å². The summed E-state index contributed by atoms with van der Waals surface area (Å²) < 4.78 is 5.79. The van der Waals surface area contributed by atoms with Gasteiger partial charge >= 0.3 is 0 Å². The smallest absolute Gasteiger partial charge is 0.124 e. The van der Waals surface area contributed by atoms with E-state index >= 15 is 0 Å². The lowest BCUT2D eigenvalue weighted by atomic mass is 9.92. The van der Waals surface area contributed by atoms with Gasteiger partial charge in [-0.2, -0.15) is 5.26 Å². The molecule has 1 atom stereocenters. The van der Waals surface area contributed by atoms with Crippen LogP contribution in [-0.2, 0) is 0 Å².